The third kappa shape index (κ3) is 6.14. The van der Waals surface area contributed by atoms with Crippen LogP contribution in [0.3, 0.4) is 0 Å². The van der Waals surface area contributed by atoms with Crippen LogP contribution in [0.5, 0.6) is 0 Å². The molecule has 0 saturated heterocycles. The first-order valence-corrected chi connectivity index (χ1v) is 14.9. The Kier molecular flexibility index (Phi) is 9.02. The lowest BCUT2D eigenvalue weighted by molar-refractivity contribution is -0.0416. The van der Waals surface area contributed by atoms with Crippen molar-refractivity contribution in [1.82, 2.24) is 14.2 Å². The fourth-order valence-electron chi connectivity index (χ4n) is 5.95. The van der Waals surface area contributed by atoms with Crippen LogP contribution in [0, 0.1) is 17.2 Å². The van der Waals surface area contributed by atoms with Gasteiger partial charge in [0.2, 0.25) is 0 Å². The zero-order chi connectivity index (χ0) is 28.9. The number of nitrogens with zero attached hydrogens (tertiary/aromatic N) is 4. The molecule has 1 unspecified atom stereocenters. The number of nitriles is 1. The van der Waals surface area contributed by atoms with E-state index in [2.05, 4.69) is 30.2 Å². The van der Waals surface area contributed by atoms with Crippen molar-refractivity contribution >= 4 is 5.65 Å². The molecule has 2 aromatic carbocycles. The van der Waals surface area contributed by atoms with Gasteiger partial charge in [0.25, 0.3) is 5.56 Å². The molecule has 7 heteroatoms. The Balaban J connectivity index is 1.43. The molecule has 0 spiro atoms. The molecule has 4 aromatic rings. The highest BCUT2D eigenvalue weighted by Gasteiger charge is 2.28. The molecule has 1 saturated carbocycles. The second-order valence-electron chi connectivity index (χ2n) is 11.6. The third-order valence-corrected chi connectivity index (χ3v) is 8.41. The molecular formula is C34H40N4O3. The van der Waals surface area contributed by atoms with Gasteiger partial charge in [-0.15, -0.1) is 0 Å². The van der Waals surface area contributed by atoms with Crippen LogP contribution < -0.4 is 5.56 Å². The van der Waals surface area contributed by atoms with E-state index >= 15 is 0 Å². The molecule has 5 rings (SSSR count). The van der Waals surface area contributed by atoms with E-state index in [9.17, 15) is 15.2 Å². The smallest absolute Gasteiger partial charge is 0.257 e. The van der Waals surface area contributed by atoms with Crippen molar-refractivity contribution in [2.75, 3.05) is 6.61 Å². The van der Waals surface area contributed by atoms with Gasteiger partial charge in [0.15, 0.2) is 0 Å². The molecule has 2 aromatic heterocycles. The summed E-state index contributed by atoms with van der Waals surface area (Å²) in [5.41, 5.74) is 6.29. The van der Waals surface area contributed by atoms with Crippen molar-refractivity contribution < 1.29 is 9.84 Å². The van der Waals surface area contributed by atoms with E-state index in [-0.39, 0.29) is 23.6 Å². The predicted octanol–water partition coefficient (Wildman–Crippen LogP) is 6.10. The Morgan fingerprint density at radius 1 is 1.07 bits per heavy atom. The number of aliphatic hydroxyl groups is 1. The maximum Gasteiger partial charge on any atom is 0.257 e. The van der Waals surface area contributed by atoms with Crippen molar-refractivity contribution in [2.45, 2.75) is 84.0 Å². The summed E-state index contributed by atoms with van der Waals surface area (Å²) in [4.78, 5) is 14.2. The lowest BCUT2D eigenvalue weighted by Crippen LogP contribution is -2.35. The van der Waals surface area contributed by atoms with Crippen LogP contribution in [0.25, 0.3) is 16.8 Å². The Labute approximate surface area is 242 Å². The monoisotopic (exact) mass is 552 g/mol. The number of rotatable bonds is 10. The van der Waals surface area contributed by atoms with Gasteiger partial charge in [0.1, 0.15) is 5.65 Å². The largest absolute Gasteiger partial charge is 0.390 e. The van der Waals surface area contributed by atoms with Gasteiger partial charge in [-0.05, 0) is 60.8 Å². The highest BCUT2D eigenvalue weighted by Crippen LogP contribution is 2.32. The van der Waals surface area contributed by atoms with Gasteiger partial charge in [-0.25, -0.2) is 4.52 Å². The summed E-state index contributed by atoms with van der Waals surface area (Å²) in [6.07, 6.45) is 7.08. The summed E-state index contributed by atoms with van der Waals surface area (Å²) in [5, 5.41) is 24.3. The van der Waals surface area contributed by atoms with Crippen molar-refractivity contribution in [3.8, 4) is 17.2 Å². The number of ether oxygens (including phenoxy) is 1. The van der Waals surface area contributed by atoms with Gasteiger partial charge in [0.05, 0.1) is 42.3 Å². The van der Waals surface area contributed by atoms with E-state index in [1.807, 2.05) is 65.4 Å². The lowest BCUT2D eigenvalue weighted by Gasteiger charge is -2.31. The van der Waals surface area contributed by atoms with Gasteiger partial charge in [-0.2, -0.15) is 10.4 Å². The third-order valence-electron chi connectivity index (χ3n) is 8.41. The summed E-state index contributed by atoms with van der Waals surface area (Å²) in [6, 6.07) is 20.1. The van der Waals surface area contributed by atoms with Crippen molar-refractivity contribution in [1.29, 1.82) is 5.26 Å². The molecule has 1 N–H and O–H groups in total. The normalized spacial score (nSPS) is 18.0. The van der Waals surface area contributed by atoms with E-state index in [1.165, 1.54) is 0 Å². The molecule has 1 aliphatic carbocycles. The maximum atomic E-state index is 14.2. The van der Waals surface area contributed by atoms with Gasteiger partial charge in [-0.3, -0.25) is 9.36 Å². The first kappa shape index (κ1) is 28.8. The number of aryl methyl sites for hydroxylation is 1. The average Bonchev–Trinajstić information content (AvgIpc) is 3.48. The highest BCUT2D eigenvalue weighted by molar-refractivity contribution is 5.70. The molecular weight excluding hydrogens is 512 g/mol. The second kappa shape index (κ2) is 12.8. The summed E-state index contributed by atoms with van der Waals surface area (Å²) < 4.78 is 9.97. The molecule has 0 aliphatic heterocycles. The van der Waals surface area contributed by atoms with Gasteiger partial charge in [-0.1, -0.05) is 69.7 Å². The van der Waals surface area contributed by atoms with Gasteiger partial charge < -0.3 is 9.84 Å². The van der Waals surface area contributed by atoms with E-state index in [0.29, 0.717) is 18.6 Å². The zero-order valence-corrected chi connectivity index (χ0v) is 24.3. The van der Waals surface area contributed by atoms with E-state index < -0.39 is 6.10 Å². The minimum atomic E-state index is -0.453. The van der Waals surface area contributed by atoms with Gasteiger partial charge >= 0.3 is 0 Å². The van der Waals surface area contributed by atoms with Gasteiger partial charge in [0, 0.05) is 24.1 Å². The zero-order valence-electron chi connectivity index (χ0n) is 24.3. The molecule has 0 amide bonds. The standard InChI is InChI=1S/C34H40N4O3/c1-4-7-31-30(20-24-10-12-25(13-11-24)29-9-6-5-8-26(29)21-35)34(40)37(33-18-19-36-38(31)33)27-14-16-28(17-15-27)41-22-32(39)23(2)3/h5-6,8-13,18-19,23,27-28,32,39H,4,7,14-17,20,22H2,1-3H3. The summed E-state index contributed by atoms with van der Waals surface area (Å²) in [6.45, 7) is 6.48. The highest BCUT2D eigenvalue weighted by atomic mass is 16.5. The Bertz CT molecular complexity index is 1570. The molecule has 41 heavy (non-hydrogen) atoms. The summed E-state index contributed by atoms with van der Waals surface area (Å²) in [5.74, 6) is 0.171. The molecule has 1 aliphatic rings. The molecule has 2 heterocycles. The van der Waals surface area contributed by atoms with Crippen molar-refractivity contribution in [3.05, 3.63) is 93.5 Å². The Hall–Kier alpha value is -3.73. The first-order chi connectivity index (χ1) is 19.9. The SMILES string of the molecule is CCCc1c(Cc2ccc(-c3ccccc3C#N)cc2)c(=O)n(C2CCC(OCC(O)C(C)C)CC2)c2ccnn12. The quantitative estimate of drug-likeness (QED) is 0.257. The topological polar surface area (TPSA) is 92.5 Å². The number of aromatic nitrogens is 3. The second-order valence-corrected chi connectivity index (χ2v) is 11.6. The molecule has 0 bridgehead atoms. The molecule has 1 atom stereocenters. The van der Waals surface area contributed by atoms with E-state index in [0.717, 1.165) is 72.1 Å². The van der Waals surface area contributed by atoms with Crippen LogP contribution in [-0.2, 0) is 17.6 Å². The predicted molar refractivity (Wildman–Crippen MR) is 161 cm³/mol. The van der Waals surface area contributed by atoms with Crippen molar-refractivity contribution in [2.24, 2.45) is 5.92 Å². The van der Waals surface area contributed by atoms with Crippen LogP contribution in [0.4, 0.5) is 0 Å². The molecule has 214 valence electrons. The summed E-state index contributed by atoms with van der Waals surface area (Å²) >= 11 is 0. The minimum absolute atomic E-state index is 0.0694. The Morgan fingerprint density at radius 2 is 1.80 bits per heavy atom. The van der Waals surface area contributed by atoms with Crippen LogP contribution in [-0.4, -0.2) is 38.1 Å². The maximum absolute atomic E-state index is 14.2. The fraction of sp³-hybridized carbons (Fsp3) is 0.441. The molecule has 0 radical (unpaired) electrons. The van der Waals surface area contributed by atoms with Crippen molar-refractivity contribution in [3.63, 3.8) is 0 Å². The van der Waals surface area contributed by atoms with Crippen LogP contribution in [0.1, 0.15) is 81.3 Å². The number of fused-ring (bicyclic) bond motifs is 1. The number of aliphatic hydroxyl groups excluding tert-OH is 1. The lowest BCUT2D eigenvalue weighted by atomic mass is 9.92. The fourth-order valence-corrected chi connectivity index (χ4v) is 5.95. The van der Waals surface area contributed by atoms with Crippen LogP contribution in [0.2, 0.25) is 0 Å². The number of hydrogen-bond donors (Lipinski definition) is 1. The first-order valence-electron chi connectivity index (χ1n) is 14.9. The number of benzene rings is 2. The van der Waals surface area contributed by atoms with E-state index in [1.54, 1.807) is 6.20 Å². The number of hydrogen-bond acceptors (Lipinski definition) is 5. The molecule has 7 nitrogen and oxygen atoms in total. The van der Waals surface area contributed by atoms with Crippen LogP contribution >= 0.6 is 0 Å². The van der Waals surface area contributed by atoms with Crippen LogP contribution in [0.15, 0.2) is 65.6 Å². The van der Waals surface area contributed by atoms with E-state index in [4.69, 9.17) is 4.74 Å². The summed E-state index contributed by atoms with van der Waals surface area (Å²) in [7, 11) is 0. The molecule has 1 fully saturated rings. The minimum Gasteiger partial charge on any atom is -0.390 e. The average molecular weight is 553 g/mol. The Morgan fingerprint density at radius 3 is 2.49 bits per heavy atom.